The van der Waals surface area contributed by atoms with Gasteiger partial charge in [0.15, 0.2) is 0 Å². The summed E-state index contributed by atoms with van der Waals surface area (Å²) in [5.41, 5.74) is 9.18. The second kappa shape index (κ2) is 5.23. The number of ether oxygens (including phenoxy) is 1. The summed E-state index contributed by atoms with van der Waals surface area (Å²) in [6.45, 7) is 4.50. The zero-order chi connectivity index (χ0) is 13.1. The third kappa shape index (κ3) is 2.71. The maximum atomic E-state index is 5.95. The highest BCUT2D eigenvalue weighted by atomic mass is 16.5. The average Bonchev–Trinajstić information content (AvgIpc) is 2.72. The highest BCUT2D eigenvalue weighted by Gasteiger charge is 2.09. The highest BCUT2D eigenvalue weighted by molar-refractivity contribution is 5.39. The van der Waals surface area contributed by atoms with Gasteiger partial charge in [-0.3, -0.25) is 0 Å². The molecule has 0 amide bonds. The zero-order valence-electron chi connectivity index (χ0n) is 11.1. The van der Waals surface area contributed by atoms with Gasteiger partial charge in [0, 0.05) is 18.7 Å². The molecule has 0 bridgehead atoms. The minimum absolute atomic E-state index is 0.0351. The zero-order valence-corrected chi connectivity index (χ0v) is 11.1. The number of aryl methyl sites for hydroxylation is 2. The molecule has 0 fully saturated rings. The van der Waals surface area contributed by atoms with Gasteiger partial charge < -0.3 is 15.0 Å². The minimum Gasteiger partial charge on any atom is -0.487 e. The molecule has 0 aliphatic carbocycles. The Hall–Kier alpha value is -1.81. The van der Waals surface area contributed by atoms with Crippen LogP contribution in [-0.4, -0.2) is 9.55 Å². The van der Waals surface area contributed by atoms with Crippen molar-refractivity contribution >= 4 is 0 Å². The predicted octanol–water partition coefficient (Wildman–Crippen LogP) is 2.33. The molecule has 4 nitrogen and oxygen atoms in total. The molecule has 0 radical (unpaired) electrons. The van der Waals surface area contributed by atoms with Gasteiger partial charge in [-0.15, -0.1) is 0 Å². The molecule has 2 rings (SSSR count). The van der Waals surface area contributed by atoms with E-state index in [4.69, 9.17) is 10.5 Å². The SMILES string of the molecule is Cc1ccc([C@@H](C)N)c(OCc2cncn2C)c1. The molecule has 0 spiro atoms. The van der Waals surface area contributed by atoms with Gasteiger partial charge in [0.25, 0.3) is 0 Å². The van der Waals surface area contributed by atoms with Crippen LogP contribution in [0.25, 0.3) is 0 Å². The van der Waals surface area contributed by atoms with E-state index in [1.165, 1.54) is 5.56 Å². The van der Waals surface area contributed by atoms with E-state index in [0.717, 1.165) is 17.0 Å². The van der Waals surface area contributed by atoms with Crippen molar-refractivity contribution in [1.82, 2.24) is 9.55 Å². The molecule has 0 unspecified atom stereocenters. The summed E-state index contributed by atoms with van der Waals surface area (Å²) in [5.74, 6) is 0.853. The van der Waals surface area contributed by atoms with Crippen molar-refractivity contribution in [2.24, 2.45) is 12.8 Å². The first-order valence-electron chi connectivity index (χ1n) is 6.02. The van der Waals surface area contributed by atoms with E-state index in [1.807, 2.05) is 37.6 Å². The summed E-state index contributed by atoms with van der Waals surface area (Å²) >= 11 is 0. The smallest absolute Gasteiger partial charge is 0.130 e. The molecule has 1 aromatic carbocycles. The van der Waals surface area contributed by atoms with Crippen LogP contribution in [0, 0.1) is 6.92 Å². The topological polar surface area (TPSA) is 53.1 Å². The number of hydrogen-bond acceptors (Lipinski definition) is 3. The van der Waals surface area contributed by atoms with Gasteiger partial charge in [-0.25, -0.2) is 4.98 Å². The summed E-state index contributed by atoms with van der Waals surface area (Å²) in [6, 6.07) is 6.07. The van der Waals surface area contributed by atoms with Crippen LogP contribution in [0.5, 0.6) is 5.75 Å². The van der Waals surface area contributed by atoms with Gasteiger partial charge in [-0.05, 0) is 25.5 Å². The Balaban J connectivity index is 2.18. The van der Waals surface area contributed by atoms with Crippen molar-refractivity contribution < 1.29 is 4.74 Å². The summed E-state index contributed by atoms with van der Waals surface area (Å²) in [5, 5.41) is 0. The molecule has 0 saturated heterocycles. The van der Waals surface area contributed by atoms with Crippen LogP contribution in [-0.2, 0) is 13.7 Å². The van der Waals surface area contributed by atoms with Crippen LogP contribution in [0.1, 0.15) is 29.8 Å². The highest BCUT2D eigenvalue weighted by Crippen LogP contribution is 2.25. The number of nitrogens with two attached hydrogens (primary N) is 1. The Morgan fingerprint density at radius 1 is 1.44 bits per heavy atom. The first kappa shape index (κ1) is 12.6. The normalized spacial score (nSPS) is 12.4. The Kier molecular flexibility index (Phi) is 3.67. The Bertz CT molecular complexity index is 532. The molecule has 2 aromatic rings. The molecule has 1 atom stereocenters. The number of nitrogens with zero attached hydrogens (tertiary/aromatic N) is 2. The lowest BCUT2D eigenvalue weighted by Gasteiger charge is -2.14. The first-order valence-corrected chi connectivity index (χ1v) is 6.02. The Morgan fingerprint density at radius 2 is 2.22 bits per heavy atom. The first-order chi connectivity index (χ1) is 8.58. The van der Waals surface area contributed by atoms with E-state index in [1.54, 1.807) is 12.5 Å². The molecule has 0 saturated carbocycles. The van der Waals surface area contributed by atoms with Gasteiger partial charge in [0.05, 0.1) is 18.2 Å². The monoisotopic (exact) mass is 245 g/mol. The van der Waals surface area contributed by atoms with Gasteiger partial charge >= 0.3 is 0 Å². The second-order valence-corrected chi connectivity index (χ2v) is 4.61. The molecule has 2 N–H and O–H groups in total. The van der Waals surface area contributed by atoms with E-state index in [9.17, 15) is 0 Å². The maximum absolute atomic E-state index is 5.95. The Labute approximate surface area is 107 Å². The minimum atomic E-state index is -0.0351. The second-order valence-electron chi connectivity index (χ2n) is 4.61. The van der Waals surface area contributed by atoms with Crippen LogP contribution in [0.2, 0.25) is 0 Å². The summed E-state index contributed by atoms with van der Waals surface area (Å²) in [7, 11) is 1.95. The van der Waals surface area contributed by atoms with Crippen molar-refractivity contribution in [2.75, 3.05) is 0 Å². The van der Waals surface area contributed by atoms with Gasteiger partial charge in [0.1, 0.15) is 12.4 Å². The summed E-state index contributed by atoms with van der Waals surface area (Å²) < 4.78 is 7.81. The lowest BCUT2D eigenvalue weighted by atomic mass is 10.1. The predicted molar refractivity (Wildman–Crippen MR) is 71.3 cm³/mol. The number of hydrogen-bond donors (Lipinski definition) is 1. The van der Waals surface area contributed by atoms with Gasteiger partial charge in [-0.2, -0.15) is 0 Å². The van der Waals surface area contributed by atoms with Crippen LogP contribution in [0.3, 0.4) is 0 Å². The van der Waals surface area contributed by atoms with Crippen LogP contribution in [0.4, 0.5) is 0 Å². The van der Waals surface area contributed by atoms with Crippen LogP contribution >= 0.6 is 0 Å². The lowest BCUT2D eigenvalue weighted by molar-refractivity contribution is 0.292. The third-order valence-electron chi connectivity index (χ3n) is 2.95. The van der Waals surface area contributed by atoms with Gasteiger partial charge in [0.2, 0.25) is 0 Å². The number of rotatable bonds is 4. The van der Waals surface area contributed by atoms with Crippen molar-refractivity contribution in [3.8, 4) is 5.75 Å². The molecule has 4 heteroatoms. The van der Waals surface area contributed by atoms with E-state index in [2.05, 4.69) is 11.1 Å². The largest absolute Gasteiger partial charge is 0.487 e. The molecular formula is C14H19N3O. The third-order valence-corrected chi connectivity index (χ3v) is 2.95. The molecule has 1 aromatic heterocycles. The van der Waals surface area contributed by atoms with E-state index in [-0.39, 0.29) is 6.04 Å². The van der Waals surface area contributed by atoms with Crippen molar-refractivity contribution in [2.45, 2.75) is 26.5 Å². The van der Waals surface area contributed by atoms with E-state index in [0.29, 0.717) is 6.61 Å². The summed E-state index contributed by atoms with van der Waals surface area (Å²) in [4.78, 5) is 4.07. The van der Waals surface area contributed by atoms with Crippen molar-refractivity contribution in [1.29, 1.82) is 0 Å². The number of imidazole rings is 1. The quantitative estimate of drug-likeness (QED) is 0.899. The van der Waals surface area contributed by atoms with E-state index >= 15 is 0 Å². The fraction of sp³-hybridized carbons (Fsp3) is 0.357. The lowest BCUT2D eigenvalue weighted by Crippen LogP contribution is -2.09. The van der Waals surface area contributed by atoms with Gasteiger partial charge in [-0.1, -0.05) is 12.1 Å². The van der Waals surface area contributed by atoms with Crippen molar-refractivity contribution in [3.05, 3.63) is 47.5 Å². The molecule has 18 heavy (non-hydrogen) atoms. The molecule has 0 aliphatic heterocycles. The molecule has 1 heterocycles. The number of aromatic nitrogens is 2. The molecule has 0 aliphatic rings. The molecular weight excluding hydrogens is 226 g/mol. The Morgan fingerprint density at radius 3 is 2.83 bits per heavy atom. The maximum Gasteiger partial charge on any atom is 0.130 e. The van der Waals surface area contributed by atoms with Crippen LogP contribution in [0.15, 0.2) is 30.7 Å². The van der Waals surface area contributed by atoms with Crippen molar-refractivity contribution in [3.63, 3.8) is 0 Å². The van der Waals surface area contributed by atoms with E-state index < -0.39 is 0 Å². The fourth-order valence-electron chi connectivity index (χ4n) is 1.82. The number of benzene rings is 1. The van der Waals surface area contributed by atoms with Crippen LogP contribution < -0.4 is 10.5 Å². The molecule has 96 valence electrons. The standard InChI is InChI=1S/C14H19N3O/c1-10-4-5-13(11(2)15)14(6-10)18-8-12-7-16-9-17(12)3/h4-7,9,11H,8,15H2,1-3H3/t11-/m1/s1. The fourth-order valence-corrected chi connectivity index (χ4v) is 1.82. The summed E-state index contributed by atoms with van der Waals surface area (Å²) in [6.07, 6.45) is 3.57. The average molecular weight is 245 g/mol.